The smallest absolute Gasteiger partial charge is 0.377 e. The molecular weight excluding hydrogens is 310 g/mol. The molecule has 0 N–H and O–H groups in total. The number of fused-ring (bicyclic) bond motifs is 1. The van der Waals surface area contributed by atoms with Gasteiger partial charge in [0.25, 0.3) is 0 Å². The van der Waals surface area contributed by atoms with Crippen molar-refractivity contribution >= 4 is 42.1 Å². The topological polar surface area (TPSA) is 40.6 Å². The molecule has 20 heavy (non-hydrogen) atoms. The Morgan fingerprint density at radius 2 is 1.85 bits per heavy atom. The minimum atomic E-state index is -2.42. The second-order valence-electron chi connectivity index (χ2n) is 4.19. The zero-order valence-electron chi connectivity index (χ0n) is 11.9. The highest BCUT2D eigenvalue weighted by Gasteiger charge is 2.36. The Hall–Kier alpha value is -0.443. The molecule has 2 aromatic rings. The SMILES string of the molecule is CO[Si](CCCSc1nc2ccccc2s1)(OC)OC. The summed E-state index contributed by atoms with van der Waals surface area (Å²) in [4.78, 5) is 4.61. The first kappa shape index (κ1) is 15.9. The van der Waals surface area contributed by atoms with E-state index in [0.29, 0.717) is 0 Å². The average Bonchev–Trinajstić information content (AvgIpc) is 2.91. The first-order chi connectivity index (χ1) is 9.73. The maximum absolute atomic E-state index is 5.41. The first-order valence-electron chi connectivity index (χ1n) is 6.37. The van der Waals surface area contributed by atoms with E-state index in [1.54, 1.807) is 44.4 Å². The van der Waals surface area contributed by atoms with Gasteiger partial charge in [-0.2, -0.15) is 0 Å². The minimum absolute atomic E-state index is 0.828. The molecule has 1 aromatic heterocycles. The van der Waals surface area contributed by atoms with Crippen LogP contribution in [-0.4, -0.2) is 40.9 Å². The van der Waals surface area contributed by atoms with Gasteiger partial charge in [0.2, 0.25) is 0 Å². The maximum atomic E-state index is 5.41. The lowest BCUT2D eigenvalue weighted by molar-refractivity contribution is 0.123. The molecule has 1 heterocycles. The lowest BCUT2D eigenvalue weighted by Gasteiger charge is -2.23. The molecule has 0 aliphatic carbocycles. The van der Waals surface area contributed by atoms with Gasteiger partial charge in [-0.05, 0) is 18.6 Å². The number of rotatable bonds is 8. The number of benzene rings is 1. The van der Waals surface area contributed by atoms with Gasteiger partial charge in [0, 0.05) is 33.1 Å². The normalized spacial score (nSPS) is 12.2. The van der Waals surface area contributed by atoms with Crippen molar-refractivity contribution in [3.05, 3.63) is 24.3 Å². The highest BCUT2D eigenvalue weighted by molar-refractivity contribution is 8.01. The number of thioether (sulfide) groups is 1. The molecule has 0 bridgehead atoms. The standard InChI is InChI=1S/C13H19NO3S2Si/c1-15-20(16-2,17-3)10-6-9-18-13-14-11-7-4-5-8-12(11)19-13/h4-5,7-8H,6,9-10H2,1-3H3. The summed E-state index contributed by atoms with van der Waals surface area (Å²) in [6.07, 6.45) is 0.988. The number of para-hydroxylation sites is 1. The number of hydrogen-bond donors (Lipinski definition) is 0. The lowest BCUT2D eigenvalue weighted by atomic mass is 10.3. The van der Waals surface area contributed by atoms with Crippen LogP contribution in [0.3, 0.4) is 0 Å². The van der Waals surface area contributed by atoms with Gasteiger partial charge in [0.05, 0.1) is 10.2 Å². The second kappa shape index (κ2) is 7.53. The van der Waals surface area contributed by atoms with Gasteiger partial charge in [-0.3, -0.25) is 0 Å². The van der Waals surface area contributed by atoms with Crippen LogP contribution in [0.1, 0.15) is 6.42 Å². The Morgan fingerprint density at radius 1 is 1.15 bits per heavy atom. The van der Waals surface area contributed by atoms with Crippen LogP contribution in [0.25, 0.3) is 10.2 Å². The van der Waals surface area contributed by atoms with Crippen LogP contribution < -0.4 is 0 Å². The van der Waals surface area contributed by atoms with E-state index < -0.39 is 8.80 Å². The zero-order valence-corrected chi connectivity index (χ0v) is 14.6. The molecule has 110 valence electrons. The molecule has 0 fully saturated rings. The summed E-state index contributed by atoms with van der Waals surface area (Å²) in [6.45, 7) is 0. The number of hydrogen-bond acceptors (Lipinski definition) is 6. The Labute approximate surface area is 128 Å². The predicted octanol–water partition coefficient (Wildman–Crippen LogP) is 3.66. The van der Waals surface area contributed by atoms with Crippen LogP contribution in [0.2, 0.25) is 6.04 Å². The van der Waals surface area contributed by atoms with Crippen LogP contribution in [0, 0.1) is 0 Å². The first-order valence-corrected chi connectivity index (χ1v) is 10.1. The fourth-order valence-corrected chi connectivity index (χ4v) is 5.97. The molecule has 0 aliphatic rings. The van der Waals surface area contributed by atoms with Gasteiger partial charge in [-0.15, -0.1) is 11.3 Å². The zero-order chi connectivity index (χ0) is 14.4. The molecular formula is C13H19NO3S2Si. The Balaban J connectivity index is 1.84. The fourth-order valence-electron chi connectivity index (χ4n) is 1.92. The van der Waals surface area contributed by atoms with E-state index in [-0.39, 0.29) is 0 Å². The monoisotopic (exact) mass is 329 g/mol. The molecule has 2 rings (SSSR count). The Bertz CT molecular complexity index is 504. The number of thiazole rings is 1. The quantitative estimate of drug-likeness (QED) is 0.420. The van der Waals surface area contributed by atoms with E-state index in [4.69, 9.17) is 13.3 Å². The van der Waals surface area contributed by atoms with Gasteiger partial charge in [0.15, 0.2) is 4.34 Å². The van der Waals surface area contributed by atoms with Gasteiger partial charge in [-0.25, -0.2) is 4.98 Å². The summed E-state index contributed by atoms with van der Waals surface area (Å²) >= 11 is 3.52. The Kier molecular flexibility index (Phi) is 6.00. The molecule has 0 unspecified atom stereocenters. The summed E-state index contributed by atoms with van der Waals surface area (Å²) in [5.41, 5.74) is 1.08. The van der Waals surface area contributed by atoms with Gasteiger partial charge in [-0.1, -0.05) is 23.9 Å². The van der Waals surface area contributed by atoms with Crippen LogP contribution >= 0.6 is 23.1 Å². The number of aromatic nitrogens is 1. The molecule has 0 aliphatic heterocycles. The fraction of sp³-hybridized carbons (Fsp3) is 0.462. The molecule has 0 radical (unpaired) electrons. The van der Waals surface area contributed by atoms with Gasteiger partial charge < -0.3 is 13.3 Å². The summed E-state index contributed by atoms with van der Waals surface area (Å²) in [6, 6.07) is 9.05. The van der Waals surface area contributed by atoms with Crippen LogP contribution in [-0.2, 0) is 13.3 Å². The van der Waals surface area contributed by atoms with Crippen molar-refractivity contribution in [1.82, 2.24) is 4.98 Å². The highest BCUT2D eigenvalue weighted by atomic mass is 32.2. The molecule has 0 saturated heterocycles. The molecule has 0 amide bonds. The van der Waals surface area contributed by atoms with E-state index in [1.165, 1.54) is 4.70 Å². The van der Waals surface area contributed by atoms with Crippen LogP contribution in [0.15, 0.2) is 28.6 Å². The van der Waals surface area contributed by atoms with Crippen molar-refractivity contribution in [2.75, 3.05) is 27.1 Å². The van der Waals surface area contributed by atoms with Crippen LogP contribution in [0.4, 0.5) is 0 Å². The largest absolute Gasteiger partial charge is 0.500 e. The number of nitrogens with zero attached hydrogens (tertiary/aromatic N) is 1. The summed E-state index contributed by atoms with van der Waals surface area (Å²) in [5.74, 6) is 0.991. The highest BCUT2D eigenvalue weighted by Crippen LogP contribution is 2.30. The van der Waals surface area contributed by atoms with E-state index in [9.17, 15) is 0 Å². The van der Waals surface area contributed by atoms with E-state index >= 15 is 0 Å². The van der Waals surface area contributed by atoms with E-state index in [1.807, 2.05) is 12.1 Å². The second-order valence-corrected chi connectivity index (χ2v) is 9.66. The molecule has 0 spiro atoms. The molecule has 1 aromatic carbocycles. The summed E-state index contributed by atoms with van der Waals surface area (Å²) < 4.78 is 18.6. The molecule has 4 nitrogen and oxygen atoms in total. The van der Waals surface area contributed by atoms with E-state index in [0.717, 1.165) is 28.1 Å². The van der Waals surface area contributed by atoms with Crippen molar-refractivity contribution < 1.29 is 13.3 Å². The van der Waals surface area contributed by atoms with Gasteiger partial charge >= 0.3 is 8.80 Å². The van der Waals surface area contributed by atoms with Crippen LogP contribution in [0.5, 0.6) is 0 Å². The van der Waals surface area contributed by atoms with Crippen molar-refractivity contribution in [3.63, 3.8) is 0 Å². The average molecular weight is 330 g/mol. The van der Waals surface area contributed by atoms with Crippen molar-refractivity contribution in [2.45, 2.75) is 16.8 Å². The molecule has 0 atom stereocenters. The van der Waals surface area contributed by atoms with E-state index in [2.05, 4.69) is 17.1 Å². The third-order valence-electron chi connectivity index (χ3n) is 3.06. The van der Waals surface area contributed by atoms with Crippen molar-refractivity contribution in [2.24, 2.45) is 0 Å². The van der Waals surface area contributed by atoms with Crippen molar-refractivity contribution in [1.29, 1.82) is 0 Å². The minimum Gasteiger partial charge on any atom is -0.377 e. The summed E-state index contributed by atoms with van der Waals surface area (Å²) in [5, 5.41) is 0. The maximum Gasteiger partial charge on any atom is 0.500 e. The predicted molar refractivity (Wildman–Crippen MR) is 86.5 cm³/mol. The molecule has 7 heteroatoms. The van der Waals surface area contributed by atoms with Gasteiger partial charge in [0.1, 0.15) is 0 Å². The lowest BCUT2D eigenvalue weighted by Crippen LogP contribution is -2.42. The third-order valence-corrected chi connectivity index (χ3v) is 8.16. The van der Waals surface area contributed by atoms with Crippen molar-refractivity contribution in [3.8, 4) is 0 Å². The third kappa shape index (κ3) is 3.81. The Morgan fingerprint density at radius 3 is 2.50 bits per heavy atom. The molecule has 0 saturated carbocycles. The summed E-state index contributed by atoms with van der Waals surface area (Å²) in [7, 11) is 2.54.